The summed E-state index contributed by atoms with van der Waals surface area (Å²) in [7, 11) is 1.47. The first-order chi connectivity index (χ1) is 13.1. The largest absolute Gasteiger partial charge is 0.504 e. The summed E-state index contributed by atoms with van der Waals surface area (Å²) >= 11 is 1.36. The Morgan fingerprint density at radius 2 is 2.11 bits per heavy atom. The third-order valence-corrected chi connectivity index (χ3v) is 4.77. The molecule has 0 atom stereocenters. The Balaban J connectivity index is 1.57. The van der Waals surface area contributed by atoms with Crippen LogP contribution in [0.1, 0.15) is 11.1 Å². The highest BCUT2D eigenvalue weighted by Gasteiger charge is 2.06. The van der Waals surface area contributed by atoms with Crippen LogP contribution >= 0.6 is 11.8 Å². The minimum absolute atomic E-state index is 0.0493. The molecule has 7 heteroatoms. The number of thioether (sulfide) groups is 1. The predicted molar refractivity (Wildman–Crippen MR) is 108 cm³/mol. The van der Waals surface area contributed by atoms with E-state index >= 15 is 0 Å². The summed E-state index contributed by atoms with van der Waals surface area (Å²) < 4.78 is 5.03. The topological polar surface area (TPSA) is 83.8 Å². The molecule has 1 amide bonds. The molecule has 0 unspecified atom stereocenters. The highest BCUT2D eigenvalue weighted by Crippen LogP contribution is 2.25. The number of hydrazone groups is 1. The van der Waals surface area contributed by atoms with Gasteiger partial charge in [0.25, 0.3) is 0 Å². The monoisotopic (exact) mass is 381 g/mol. The summed E-state index contributed by atoms with van der Waals surface area (Å²) in [6, 6.07) is 14.7. The van der Waals surface area contributed by atoms with Gasteiger partial charge in [-0.2, -0.15) is 5.10 Å². The molecule has 0 radical (unpaired) electrons. The average molecular weight is 381 g/mol. The summed E-state index contributed by atoms with van der Waals surface area (Å²) in [5.74, 6) is 0.377. The number of hydrogen-bond donors (Lipinski definition) is 2. The van der Waals surface area contributed by atoms with E-state index in [2.05, 4.69) is 15.5 Å². The maximum atomic E-state index is 12.0. The number of carbonyl (C=O) groups excluding carboxylic acids is 1. The number of rotatable bonds is 6. The SMILES string of the molecule is COc1cc(/C=N/NC(=O)CSc2cc(C)c3ccccc3n2)ccc1O. The number of aromatic nitrogens is 1. The lowest BCUT2D eigenvalue weighted by Crippen LogP contribution is -2.19. The van der Waals surface area contributed by atoms with Gasteiger partial charge in [-0.1, -0.05) is 30.0 Å². The number of aryl methyl sites for hydroxylation is 1. The van der Waals surface area contributed by atoms with Crippen LogP contribution in [0.25, 0.3) is 10.9 Å². The number of phenolic OH excluding ortho intramolecular Hbond substituents is 1. The van der Waals surface area contributed by atoms with Gasteiger partial charge >= 0.3 is 0 Å². The maximum absolute atomic E-state index is 12.0. The number of aromatic hydroxyl groups is 1. The molecule has 138 valence electrons. The van der Waals surface area contributed by atoms with Gasteiger partial charge in [0, 0.05) is 5.39 Å². The van der Waals surface area contributed by atoms with E-state index in [1.165, 1.54) is 31.2 Å². The minimum atomic E-state index is -0.227. The lowest BCUT2D eigenvalue weighted by Gasteiger charge is -2.06. The van der Waals surface area contributed by atoms with Crippen LogP contribution in [0.4, 0.5) is 0 Å². The van der Waals surface area contributed by atoms with Crippen molar-refractivity contribution in [2.75, 3.05) is 12.9 Å². The van der Waals surface area contributed by atoms with Crippen molar-refractivity contribution in [1.82, 2.24) is 10.4 Å². The van der Waals surface area contributed by atoms with Crippen LogP contribution in [0.2, 0.25) is 0 Å². The van der Waals surface area contributed by atoms with Crippen molar-refractivity contribution in [3.63, 3.8) is 0 Å². The Hall–Kier alpha value is -3.06. The Kier molecular flexibility index (Phi) is 5.93. The first-order valence-electron chi connectivity index (χ1n) is 8.25. The fraction of sp³-hybridized carbons (Fsp3) is 0.150. The third kappa shape index (κ3) is 4.77. The lowest BCUT2D eigenvalue weighted by molar-refractivity contribution is -0.118. The summed E-state index contributed by atoms with van der Waals surface area (Å²) in [5, 5.41) is 15.4. The highest BCUT2D eigenvalue weighted by atomic mass is 32.2. The van der Waals surface area contributed by atoms with Crippen LogP contribution in [0.15, 0.2) is 58.7 Å². The molecule has 27 heavy (non-hydrogen) atoms. The number of methoxy groups -OCH3 is 1. The zero-order valence-electron chi connectivity index (χ0n) is 15.0. The van der Waals surface area contributed by atoms with Crippen LogP contribution in [0, 0.1) is 6.92 Å². The number of fused-ring (bicyclic) bond motifs is 1. The van der Waals surface area contributed by atoms with Gasteiger partial charge in [0.05, 0.1) is 29.6 Å². The molecule has 0 aliphatic heterocycles. The van der Waals surface area contributed by atoms with Crippen molar-refractivity contribution in [1.29, 1.82) is 0 Å². The minimum Gasteiger partial charge on any atom is -0.504 e. The van der Waals surface area contributed by atoms with Crippen LogP contribution < -0.4 is 10.2 Å². The van der Waals surface area contributed by atoms with E-state index < -0.39 is 0 Å². The van der Waals surface area contributed by atoms with Crippen molar-refractivity contribution < 1.29 is 14.6 Å². The molecule has 2 N–H and O–H groups in total. The number of benzene rings is 2. The van der Waals surface area contributed by atoms with E-state index in [-0.39, 0.29) is 17.4 Å². The molecular weight excluding hydrogens is 362 g/mol. The molecule has 0 aliphatic carbocycles. The van der Waals surface area contributed by atoms with Crippen LogP contribution in [-0.2, 0) is 4.79 Å². The second-order valence-corrected chi connectivity index (χ2v) is 6.80. The van der Waals surface area contributed by atoms with Crippen molar-refractivity contribution in [2.24, 2.45) is 5.10 Å². The van der Waals surface area contributed by atoms with E-state index in [9.17, 15) is 9.90 Å². The Labute approximate surface area is 161 Å². The fourth-order valence-corrected chi connectivity index (χ4v) is 3.28. The molecule has 0 fully saturated rings. The van der Waals surface area contributed by atoms with E-state index in [1.807, 2.05) is 37.3 Å². The van der Waals surface area contributed by atoms with E-state index in [0.29, 0.717) is 11.3 Å². The van der Waals surface area contributed by atoms with E-state index in [0.717, 1.165) is 21.5 Å². The normalized spacial score (nSPS) is 11.0. The van der Waals surface area contributed by atoms with E-state index in [4.69, 9.17) is 4.74 Å². The van der Waals surface area contributed by atoms with Crippen molar-refractivity contribution in [3.05, 3.63) is 59.7 Å². The molecule has 0 saturated carbocycles. The fourth-order valence-electron chi connectivity index (χ4n) is 2.52. The van der Waals surface area contributed by atoms with Gasteiger partial charge in [-0.25, -0.2) is 10.4 Å². The summed E-state index contributed by atoms with van der Waals surface area (Å²) in [5.41, 5.74) is 5.23. The Bertz CT molecular complexity index is 1000. The smallest absolute Gasteiger partial charge is 0.250 e. The molecule has 3 rings (SSSR count). The van der Waals surface area contributed by atoms with Crippen LogP contribution in [0.3, 0.4) is 0 Å². The predicted octanol–water partition coefficient (Wildman–Crippen LogP) is 3.50. The van der Waals surface area contributed by atoms with Gasteiger partial charge in [0.15, 0.2) is 11.5 Å². The van der Waals surface area contributed by atoms with Gasteiger partial charge in [-0.15, -0.1) is 0 Å². The van der Waals surface area contributed by atoms with Gasteiger partial charge in [0.2, 0.25) is 5.91 Å². The molecule has 0 bridgehead atoms. The maximum Gasteiger partial charge on any atom is 0.250 e. The van der Waals surface area contributed by atoms with Crippen molar-refractivity contribution in [3.8, 4) is 11.5 Å². The number of ether oxygens (including phenoxy) is 1. The van der Waals surface area contributed by atoms with Gasteiger partial charge < -0.3 is 9.84 Å². The molecule has 6 nitrogen and oxygen atoms in total. The first-order valence-corrected chi connectivity index (χ1v) is 9.23. The van der Waals surface area contributed by atoms with Gasteiger partial charge in [-0.05, 0) is 48.4 Å². The van der Waals surface area contributed by atoms with Crippen LogP contribution in [0.5, 0.6) is 11.5 Å². The van der Waals surface area contributed by atoms with E-state index in [1.54, 1.807) is 12.1 Å². The van der Waals surface area contributed by atoms with Gasteiger partial charge in [0.1, 0.15) is 0 Å². The lowest BCUT2D eigenvalue weighted by atomic mass is 10.1. The van der Waals surface area contributed by atoms with Crippen molar-refractivity contribution in [2.45, 2.75) is 11.9 Å². The molecule has 0 spiro atoms. The highest BCUT2D eigenvalue weighted by molar-refractivity contribution is 7.99. The quantitative estimate of drug-likeness (QED) is 0.388. The number of carbonyl (C=O) groups is 1. The Morgan fingerprint density at radius 1 is 1.30 bits per heavy atom. The number of hydrogen-bond acceptors (Lipinski definition) is 6. The summed E-state index contributed by atoms with van der Waals surface area (Å²) in [6.07, 6.45) is 1.49. The molecule has 2 aromatic carbocycles. The molecule has 1 heterocycles. The number of amides is 1. The van der Waals surface area contributed by atoms with Gasteiger partial charge in [-0.3, -0.25) is 4.79 Å². The van der Waals surface area contributed by atoms with Crippen molar-refractivity contribution >= 4 is 34.8 Å². The zero-order chi connectivity index (χ0) is 19.2. The number of para-hydroxylation sites is 1. The number of pyridine rings is 1. The standard InChI is InChI=1S/C20H19N3O3S/c1-13-9-20(22-16-6-4-3-5-15(13)16)27-12-19(25)23-21-11-14-7-8-17(24)18(10-14)26-2/h3-11,24H,12H2,1-2H3,(H,23,25)/b21-11+. The number of nitrogens with zero attached hydrogens (tertiary/aromatic N) is 2. The second kappa shape index (κ2) is 8.55. The summed E-state index contributed by atoms with van der Waals surface area (Å²) in [4.78, 5) is 16.6. The first kappa shape index (κ1) is 18.7. The van der Waals surface area contributed by atoms with Crippen LogP contribution in [-0.4, -0.2) is 35.1 Å². The average Bonchev–Trinajstić information content (AvgIpc) is 2.68. The zero-order valence-corrected chi connectivity index (χ0v) is 15.8. The third-order valence-electron chi connectivity index (χ3n) is 3.86. The number of nitrogens with one attached hydrogen (secondary N) is 1. The molecule has 0 saturated heterocycles. The molecular formula is C20H19N3O3S. The molecule has 0 aliphatic rings. The molecule has 3 aromatic rings. The second-order valence-electron chi connectivity index (χ2n) is 5.81. The Morgan fingerprint density at radius 3 is 2.93 bits per heavy atom. The summed E-state index contributed by atoms with van der Waals surface area (Å²) in [6.45, 7) is 2.03. The molecule has 1 aromatic heterocycles. The number of phenols is 1.